The highest BCUT2D eigenvalue weighted by atomic mass is 32.2. The van der Waals surface area contributed by atoms with Crippen LogP contribution in [0.3, 0.4) is 0 Å². The van der Waals surface area contributed by atoms with Gasteiger partial charge in [0.25, 0.3) is 0 Å². The summed E-state index contributed by atoms with van der Waals surface area (Å²) in [7, 11) is -3.02. The number of nitrogens with zero attached hydrogens (tertiary/aromatic N) is 2. The molecule has 7 heteroatoms. The predicted octanol–water partition coefficient (Wildman–Crippen LogP) is 3.68. The molecule has 2 aliphatic rings. The summed E-state index contributed by atoms with van der Waals surface area (Å²) in [5.74, 6) is 0.675. The van der Waals surface area contributed by atoms with Crippen LogP contribution in [0.1, 0.15) is 38.5 Å². The first kappa shape index (κ1) is 19.7. The van der Waals surface area contributed by atoms with Crippen LogP contribution in [0.25, 0.3) is 10.9 Å². The van der Waals surface area contributed by atoms with E-state index in [0.717, 1.165) is 41.6 Å². The number of hydrogen-bond acceptors (Lipinski definition) is 5. The Balaban J connectivity index is 1.48. The minimum Gasteiger partial charge on any atom is -0.335 e. The van der Waals surface area contributed by atoms with Crippen LogP contribution in [-0.2, 0) is 14.6 Å². The number of pyridine rings is 1. The minimum atomic E-state index is -3.02. The van der Waals surface area contributed by atoms with E-state index >= 15 is 0 Å². The van der Waals surface area contributed by atoms with E-state index in [1.807, 2.05) is 41.3 Å². The molecule has 2 heterocycles. The molecule has 28 heavy (non-hydrogen) atoms. The molecular weight excluding hydrogens is 392 g/mol. The number of rotatable bonds is 5. The summed E-state index contributed by atoms with van der Waals surface area (Å²) >= 11 is 1.44. The van der Waals surface area contributed by atoms with Crippen molar-refractivity contribution in [3.63, 3.8) is 0 Å². The number of carbonyl (C=O) groups excluding carboxylic acids is 1. The maximum atomic E-state index is 13.2. The summed E-state index contributed by atoms with van der Waals surface area (Å²) in [4.78, 5) is 19.7. The average Bonchev–Trinajstić information content (AvgIpc) is 3.06. The highest BCUT2D eigenvalue weighted by Gasteiger charge is 2.38. The lowest BCUT2D eigenvalue weighted by Gasteiger charge is -2.38. The first-order valence-electron chi connectivity index (χ1n) is 10.0. The van der Waals surface area contributed by atoms with E-state index in [0.29, 0.717) is 12.2 Å². The maximum Gasteiger partial charge on any atom is 0.233 e. The molecule has 0 spiro atoms. The van der Waals surface area contributed by atoms with E-state index in [1.165, 1.54) is 18.2 Å². The number of hydrogen-bond donors (Lipinski definition) is 0. The standard InChI is InChI=1S/C21H26N2O3S2/c24-21(14-27-20-11-10-16-6-4-5-9-19(16)22-20)23(17-7-2-1-3-8-17)18-12-13-28(25,26)15-18/h4-6,9-11,17-18H,1-3,7-8,12-15H2. The number of sulfone groups is 1. The van der Waals surface area contributed by atoms with E-state index < -0.39 is 9.84 Å². The van der Waals surface area contributed by atoms with Gasteiger partial charge in [0.1, 0.15) is 0 Å². The highest BCUT2D eigenvalue weighted by Crippen LogP contribution is 2.30. The quantitative estimate of drug-likeness (QED) is 0.693. The van der Waals surface area contributed by atoms with E-state index in [1.54, 1.807) is 0 Å². The summed E-state index contributed by atoms with van der Waals surface area (Å²) in [6.45, 7) is 0. The van der Waals surface area contributed by atoms with Crippen molar-refractivity contribution in [2.75, 3.05) is 17.3 Å². The van der Waals surface area contributed by atoms with Crippen molar-refractivity contribution >= 4 is 38.4 Å². The normalized spacial score (nSPS) is 22.4. The molecule has 1 saturated carbocycles. The zero-order chi connectivity index (χ0) is 19.6. The van der Waals surface area contributed by atoms with Crippen LogP contribution in [0.4, 0.5) is 0 Å². The third kappa shape index (κ3) is 4.51. The Bertz CT molecular complexity index is 955. The largest absolute Gasteiger partial charge is 0.335 e. The first-order valence-corrected chi connectivity index (χ1v) is 12.8. The lowest BCUT2D eigenvalue weighted by molar-refractivity contribution is -0.133. The van der Waals surface area contributed by atoms with Crippen molar-refractivity contribution in [1.82, 2.24) is 9.88 Å². The second-order valence-electron chi connectivity index (χ2n) is 7.78. The van der Waals surface area contributed by atoms with Crippen LogP contribution in [-0.4, -0.2) is 53.6 Å². The van der Waals surface area contributed by atoms with Crippen molar-refractivity contribution < 1.29 is 13.2 Å². The van der Waals surface area contributed by atoms with Crippen molar-refractivity contribution in [1.29, 1.82) is 0 Å². The number of benzene rings is 1. The Hall–Kier alpha value is -1.60. The Morgan fingerprint density at radius 1 is 1.04 bits per heavy atom. The molecule has 0 radical (unpaired) electrons. The van der Waals surface area contributed by atoms with Crippen molar-refractivity contribution in [2.45, 2.75) is 55.6 Å². The molecule has 1 unspecified atom stereocenters. The van der Waals surface area contributed by atoms with Crippen LogP contribution in [0, 0.1) is 0 Å². The van der Waals surface area contributed by atoms with Gasteiger partial charge in [0.15, 0.2) is 9.84 Å². The average molecular weight is 419 g/mol. The van der Waals surface area contributed by atoms with Gasteiger partial charge in [-0.3, -0.25) is 4.79 Å². The van der Waals surface area contributed by atoms with E-state index in [9.17, 15) is 13.2 Å². The number of fused-ring (bicyclic) bond motifs is 1. The zero-order valence-corrected chi connectivity index (χ0v) is 17.6. The molecule has 1 aromatic carbocycles. The summed E-state index contributed by atoms with van der Waals surface area (Å²) in [5.41, 5.74) is 0.922. The smallest absolute Gasteiger partial charge is 0.233 e. The molecular formula is C21H26N2O3S2. The molecule has 2 fully saturated rings. The van der Waals surface area contributed by atoms with Crippen LogP contribution in [0.5, 0.6) is 0 Å². The minimum absolute atomic E-state index is 0.0500. The van der Waals surface area contributed by atoms with Crippen LogP contribution < -0.4 is 0 Å². The molecule has 1 saturated heterocycles. The molecule has 5 nitrogen and oxygen atoms in total. The van der Waals surface area contributed by atoms with Crippen LogP contribution in [0.2, 0.25) is 0 Å². The molecule has 1 aromatic heterocycles. The Labute approximate surface area is 170 Å². The van der Waals surface area contributed by atoms with Gasteiger partial charge in [0.2, 0.25) is 5.91 Å². The fourth-order valence-electron chi connectivity index (χ4n) is 4.40. The zero-order valence-electron chi connectivity index (χ0n) is 15.9. The molecule has 150 valence electrons. The Kier molecular flexibility index (Phi) is 5.92. The maximum absolute atomic E-state index is 13.2. The SMILES string of the molecule is O=C(CSc1ccc2ccccc2n1)N(C1CCCCC1)C1CCS(=O)(=O)C1. The number of aromatic nitrogens is 1. The topological polar surface area (TPSA) is 67.3 Å². The first-order chi connectivity index (χ1) is 13.5. The van der Waals surface area contributed by atoms with Crippen molar-refractivity contribution in [3.05, 3.63) is 36.4 Å². The van der Waals surface area contributed by atoms with E-state index in [-0.39, 0.29) is 29.5 Å². The number of carbonyl (C=O) groups is 1. The fourth-order valence-corrected chi connectivity index (χ4v) is 6.86. The summed E-state index contributed by atoms with van der Waals surface area (Å²) in [6, 6.07) is 11.9. The monoisotopic (exact) mass is 418 g/mol. The molecule has 1 aliphatic heterocycles. The molecule has 1 atom stereocenters. The molecule has 0 N–H and O–H groups in total. The molecule has 1 amide bonds. The summed E-state index contributed by atoms with van der Waals surface area (Å²) in [6.07, 6.45) is 5.99. The molecule has 2 aromatic rings. The van der Waals surface area contributed by atoms with Gasteiger partial charge in [-0.25, -0.2) is 13.4 Å². The van der Waals surface area contributed by atoms with Gasteiger partial charge >= 0.3 is 0 Å². The van der Waals surface area contributed by atoms with Crippen molar-refractivity contribution in [2.24, 2.45) is 0 Å². The molecule has 0 bridgehead atoms. The third-order valence-corrected chi connectivity index (χ3v) is 8.44. The van der Waals surface area contributed by atoms with Gasteiger partial charge in [-0.15, -0.1) is 0 Å². The Morgan fingerprint density at radius 3 is 2.57 bits per heavy atom. The number of para-hydroxylation sites is 1. The molecule has 1 aliphatic carbocycles. The molecule has 4 rings (SSSR count). The van der Waals surface area contributed by atoms with Crippen LogP contribution >= 0.6 is 11.8 Å². The van der Waals surface area contributed by atoms with Gasteiger partial charge in [0, 0.05) is 17.5 Å². The number of thioether (sulfide) groups is 1. The van der Waals surface area contributed by atoms with Gasteiger partial charge in [-0.05, 0) is 31.4 Å². The van der Waals surface area contributed by atoms with Crippen LogP contribution in [0.15, 0.2) is 41.4 Å². The Morgan fingerprint density at radius 2 is 1.82 bits per heavy atom. The van der Waals surface area contributed by atoms with Gasteiger partial charge < -0.3 is 4.90 Å². The predicted molar refractivity (Wildman–Crippen MR) is 113 cm³/mol. The summed E-state index contributed by atoms with van der Waals surface area (Å²) in [5, 5.41) is 1.91. The summed E-state index contributed by atoms with van der Waals surface area (Å²) < 4.78 is 24.0. The second kappa shape index (κ2) is 8.41. The van der Waals surface area contributed by atoms with E-state index in [4.69, 9.17) is 0 Å². The highest BCUT2D eigenvalue weighted by molar-refractivity contribution is 7.99. The van der Waals surface area contributed by atoms with E-state index in [2.05, 4.69) is 4.98 Å². The lowest BCUT2D eigenvalue weighted by atomic mass is 9.93. The van der Waals surface area contributed by atoms with Crippen molar-refractivity contribution in [3.8, 4) is 0 Å². The third-order valence-electron chi connectivity index (χ3n) is 5.77. The second-order valence-corrected chi connectivity index (χ2v) is 11.0. The van der Waals surface area contributed by atoms with Gasteiger partial charge in [-0.2, -0.15) is 0 Å². The van der Waals surface area contributed by atoms with Gasteiger partial charge in [0.05, 0.1) is 27.8 Å². The lowest BCUT2D eigenvalue weighted by Crippen LogP contribution is -2.49. The van der Waals surface area contributed by atoms with Gasteiger partial charge in [-0.1, -0.05) is 55.3 Å². The number of amides is 1. The fraction of sp³-hybridized carbons (Fsp3) is 0.524.